The van der Waals surface area contributed by atoms with Crippen LogP contribution in [0.3, 0.4) is 0 Å². The zero-order valence-corrected chi connectivity index (χ0v) is 11.8. The molecule has 1 aromatic rings. The second kappa shape index (κ2) is 5.98. The molecular weight excluding hydrogens is 278 g/mol. The molecule has 1 heterocycles. The Morgan fingerprint density at radius 1 is 1.53 bits per heavy atom. The van der Waals surface area contributed by atoms with Crippen LogP contribution in [0.15, 0.2) is 28.7 Å². The van der Waals surface area contributed by atoms with Crippen molar-refractivity contribution in [2.75, 3.05) is 6.54 Å². The largest absolute Gasteiger partial charge is 0.387 e. The standard InChI is InChI=1S/C14H20BrNO/c1-2-10-6-7-16-13(8-10)14(17)11-4-3-5-12(15)9-11/h3-5,9-10,13-14,16-17H,2,6-8H2,1H3. The van der Waals surface area contributed by atoms with Gasteiger partial charge >= 0.3 is 0 Å². The zero-order valence-electron chi connectivity index (χ0n) is 10.2. The summed E-state index contributed by atoms with van der Waals surface area (Å²) in [6.45, 7) is 3.26. The van der Waals surface area contributed by atoms with Gasteiger partial charge in [-0.1, -0.05) is 41.4 Å². The highest BCUT2D eigenvalue weighted by Gasteiger charge is 2.26. The molecule has 0 saturated carbocycles. The molecular formula is C14H20BrNO. The van der Waals surface area contributed by atoms with Crippen molar-refractivity contribution in [3.63, 3.8) is 0 Å². The number of nitrogens with one attached hydrogen (secondary N) is 1. The summed E-state index contributed by atoms with van der Waals surface area (Å²) in [6.07, 6.45) is 3.12. The second-order valence-electron chi connectivity index (χ2n) is 4.86. The van der Waals surface area contributed by atoms with E-state index in [0.29, 0.717) is 0 Å². The Morgan fingerprint density at radius 3 is 3.06 bits per heavy atom. The Labute approximate surface area is 112 Å². The van der Waals surface area contributed by atoms with Crippen molar-refractivity contribution < 1.29 is 5.11 Å². The molecule has 1 aliphatic heterocycles. The monoisotopic (exact) mass is 297 g/mol. The average molecular weight is 298 g/mol. The molecule has 1 aliphatic rings. The van der Waals surface area contributed by atoms with Crippen molar-refractivity contribution in [3.8, 4) is 0 Å². The van der Waals surface area contributed by atoms with Gasteiger partial charge in [0, 0.05) is 10.5 Å². The van der Waals surface area contributed by atoms with Crippen LogP contribution in [0.2, 0.25) is 0 Å². The summed E-state index contributed by atoms with van der Waals surface area (Å²) in [6, 6.07) is 8.15. The van der Waals surface area contributed by atoms with Gasteiger partial charge in [-0.15, -0.1) is 0 Å². The molecule has 94 valence electrons. The summed E-state index contributed by atoms with van der Waals surface area (Å²) in [5.74, 6) is 0.753. The van der Waals surface area contributed by atoms with Crippen LogP contribution in [0.5, 0.6) is 0 Å². The molecule has 0 aromatic heterocycles. The first-order valence-corrected chi connectivity index (χ1v) is 7.17. The lowest BCUT2D eigenvalue weighted by Crippen LogP contribution is -2.42. The van der Waals surface area contributed by atoms with E-state index in [1.807, 2.05) is 24.3 Å². The van der Waals surface area contributed by atoms with E-state index < -0.39 is 6.10 Å². The smallest absolute Gasteiger partial charge is 0.0943 e. The molecule has 0 bridgehead atoms. The second-order valence-corrected chi connectivity index (χ2v) is 5.77. The van der Waals surface area contributed by atoms with E-state index in [1.165, 1.54) is 12.8 Å². The Kier molecular flexibility index (Phi) is 4.60. The van der Waals surface area contributed by atoms with Crippen molar-refractivity contribution in [1.29, 1.82) is 0 Å². The topological polar surface area (TPSA) is 32.3 Å². The van der Waals surface area contributed by atoms with Crippen LogP contribution in [0.25, 0.3) is 0 Å². The summed E-state index contributed by atoms with van der Waals surface area (Å²) < 4.78 is 1.02. The SMILES string of the molecule is CCC1CCNC(C(O)c2cccc(Br)c2)C1. The van der Waals surface area contributed by atoms with Crippen LogP contribution < -0.4 is 5.32 Å². The first-order chi connectivity index (χ1) is 8.20. The third kappa shape index (κ3) is 3.30. The number of piperidine rings is 1. The minimum atomic E-state index is -0.401. The summed E-state index contributed by atoms with van der Waals surface area (Å²) in [5.41, 5.74) is 0.994. The molecule has 2 rings (SSSR count). The molecule has 2 N–H and O–H groups in total. The highest BCUT2D eigenvalue weighted by atomic mass is 79.9. The Balaban J connectivity index is 2.06. The number of halogens is 1. The number of aliphatic hydroxyl groups is 1. The molecule has 3 unspecified atom stereocenters. The Bertz CT molecular complexity index is 369. The van der Waals surface area contributed by atoms with E-state index in [0.717, 1.165) is 28.9 Å². The maximum Gasteiger partial charge on any atom is 0.0943 e. The van der Waals surface area contributed by atoms with Crippen LogP contribution in [0.1, 0.15) is 37.9 Å². The van der Waals surface area contributed by atoms with Gasteiger partial charge in [-0.2, -0.15) is 0 Å². The quantitative estimate of drug-likeness (QED) is 0.897. The van der Waals surface area contributed by atoms with E-state index in [2.05, 4.69) is 28.2 Å². The fourth-order valence-corrected chi connectivity index (χ4v) is 2.98. The van der Waals surface area contributed by atoms with E-state index >= 15 is 0 Å². The van der Waals surface area contributed by atoms with Gasteiger partial charge in [0.15, 0.2) is 0 Å². The number of benzene rings is 1. The highest BCUT2D eigenvalue weighted by Crippen LogP contribution is 2.28. The van der Waals surface area contributed by atoms with E-state index in [1.54, 1.807) is 0 Å². The molecule has 3 heteroatoms. The normalized spacial score (nSPS) is 26.8. The predicted molar refractivity (Wildman–Crippen MR) is 73.9 cm³/mol. The van der Waals surface area contributed by atoms with Gasteiger partial charge in [0.1, 0.15) is 0 Å². The molecule has 3 atom stereocenters. The van der Waals surface area contributed by atoms with Crippen molar-refractivity contribution in [2.24, 2.45) is 5.92 Å². The number of aliphatic hydroxyl groups excluding tert-OH is 1. The Morgan fingerprint density at radius 2 is 2.35 bits per heavy atom. The molecule has 0 radical (unpaired) electrons. The van der Waals surface area contributed by atoms with Crippen molar-refractivity contribution in [3.05, 3.63) is 34.3 Å². The first-order valence-electron chi connectivity index (χ1n) is 6.37. The number of hydrogen-bond donors (Lipinski definition) is 2. The van der Waals surface area contributed by atoms with Gasteiger partial charge in [-0.3, -0.25) is 0 Å². The van der Waals surface area contributed by atoms with Gasteiger partial charge in [-0.25, -0.2) is 0 Å². The van der Waals surface area contributed by atoms with Crippen molar-refractivity contribution in [2.45, 2.75) is 38.3 Å². The zero-order chi connectivity index (χ0) is 12.3. The fourth-order valence-electron chi connectivity index (χ4n) is 2.57. The van der Waals surface area contributed by atoms with Crippen molar-refractivity contribution in [1.82, 2.24) is 5.32 Å². The van der Waals surface area contributed by atoms with Crippen LogP contribution in [0, 0.1) is 5.92 Å². The van der Waals surface area contributed by atoms with Crippen LogP contribution >= 0.6 is 15.9 Å². The summed E-state index contributed by atoms with van der Waals surface area (Å²) in [5, 5.41) is 13.8. The molecule has 0 aliphatic carbocycles. The van der Waals surface area contributed by atoms with Crippen LogP contribution in [-0.4, -0.2) is 17.7 Å². The van der Waals surface area contributed by atoms with Gasteiger partial charge in [0.2, 0.25) is 0 Å². The number of hydrogen-bond acceptors (Lipinski definition) is 2. The van der Waals surface area contributed by atoms with Gasteiger partial charge in [0.05, 0.1) is 6.10 Å². The third-order valence-electron chi connectivity index (χ3n) is 3.70. The lowest BCUT2D eigenvalue weighted by atomic mass is 9.86. The fraction of sp³-hybridized carbons (Fsp3) is 0.571. The van der Waals surface area contributed by atoms with E-state index in [9.17, 15) is 5.11 Å². The van der Waals surface area contributed by atoms with Crippen molar-refractivity contribution >= 4 is 15.9 Å². The highest BCUT2D eigenvalue weighted by molar-refractivity contribution is 9.10. The first kappa shape index (κ1) is 13.1. The number of rotatable bonds is 3. The molecule has 0 spiro atoms. The Hall–Kier alpha value is -0.380. The summed E-state index contributed by atoms with van der Waals surface area (Å²) in [7, 11) is 0. The molecule has 1 fully saturated rings. The summed E-state index contributed by atoms with van der Waals surface area (Å²) >= 11 is 3.45. The van der Waals surface area contributed by atoms with E-state index in [-0.39, 0.29) is 6.04 Å². The third-order valence-corrected chi connectivity index (χ3v) is 4.19. The van der Waals surface area contributed by atoms with Gasteiger partial charge < -0.3 is 10.4 Å². The lowest BCUT2D eigenvalue weighted by molar-refractivity contribution is 0.0978. The van der Waals surface area contributed by atoms with Crippen LogP contribution in [0.4, 0.5) is 0 Å². The maximum absolute atomic E-state index is 10.4. The maximum atomic E-state index is 10.4. The van der Waals surface area contributed by atoms with Crippen LogP contribution in [-0.2, 0) is 0 Å². The minimum Gasteiger partial charge on any atom is -0.387 e. The molecule has 1 aromatic carbocycles. The molecule has 17 heavy (non-hydrogen) atoms. The minimum absolute atomic E-state index is 0.197. The molecule has 0 amide bonds. The lowest BCUT2D eigenvalue weighted by Gasteiger charge is -2.33. The summed E-state index contributed by atoms with van der Waals surface area (Å²) in [4.78, 5) is 0. The average Bonchev–Trinajstić information content (AvgIpc) is 2.38. The molecule has 2 nitrogen and oxygen atoms in total. The molecule has 1 saturated heterocycles. The van der Waals surface area contributed by atoms with Gasteiger partial charge in [-0.05, 0) is 43.0 Å². The van der Waals surface area contributed by atoms with Gasteiger partial charge in [0.25, 0.3) is 0 Å². The van der Waals surface area contributed by atoms with E-state index in [4.69, 9.17) is 0 Å². The predicted octanol–water partition coefficient (Wildman–Crippen LogP) is 3.26.